The van der Waals surface area contributed by atoms with Crippen LogP contribution in [0.2, 0.25) is 0 Å². The van der Waals surface area contributed by atoms with Gasteiger partial charge < -0.3 is 10.5 Å². The molecule has 1 aromatic rings. The number of hydrogen-bond acceptors (Lipinski definition) is 5. The minimum atomic E-state index is -0.560. The number of ether oxygens (including phenoxy) is 1. The van der Waals surface area contributed by atoms with Crippen molar-refractivity contribution < 1.29 is 14.5 Å². The molecule has 0 unspecified atom stereocenters. The molecule has 0 saturated heterocycles. The molecular weight excluding hydrogens is 224 g/mol. The Morgan fingerprint density at radius 1 is 1.53 bits per heavy atom. The van der Waals surface area contributed by atoms with Gasteiger partial charge in [-0.1, -0.05) is 6.07 Å². The Morgan fingerprint density at radius 2 is 2.24 bits per heavy atom. The number of rotatable bonds is 5. The van der Waals surface area contributed by atoms with E-state index < -0.39 is 10.9 Å². The number of nitrogens with two attached hydrogens (primary N) is 1. The van der Waals surface area contributed by atoms with Crippen molar-refractivity contribution in [2.24, 2.45) is 5.73 Å². The lowest BCUT2D eigenvalue weighted by Gasteiger charge is -2.04. The zero-order valence-corrected chi connectivity index (χ0v) is 9.51. The van der Waals surface area contributed by atoms with Crippen LogP contribution in [0.5, 0.6) is 0 Å². The molecule has 0 aliphatic carbocycles. The summed E-state index contributed by atoms with van der Waals surface area (Å²) in [5.74, 6) is -0.560. The van der Waals surface area contributed by atoms with Crippen LogP contribution in [0.4, 0.5) is 5.69 Å². The molecule has 2 N–H and O–H groups in total. The molecule has 17 heavy (non-hydrogen) atoms. The van der Waals surface area contributed by atoms with Gasteiger partial charge in [-0.15, -0.1) is 0 Å². The molecule has 0 bridgehead atoms. The molecular formula is C11H14N2O4. The van der Waals surface area contributed by atoms with Gasteiger partial charge >= 0.3 is 5.97 Å². The molecule has 0 aliphatic heterocycles. The van der Waals surface area contributed by atoms with Gasteiger partial charge in [0.1, 0.15) is 0 Å². The van der Waals surface area contributed by atoms with Crippen LogP contribution >= 0.6 is 0 Å². The Balaban J connectivity index is 3.09. The summed E-state index contributed by atoms with van der Waals surface area (Å²) in [6.45, 7) is 2.23. The van der Waals surface area contributed by atoms with Crippen molar-refractivity contribution >= 4 is 11.7 Å². The fourth-order valence-electron chi connectivity index (χ4n) is 1.44. The lowest BCUT2D eigenvalue weighted by atomic mass is 10.1. The maximum absolute atomic E-state index is 11.4. The summed E-state index contributed by atoms with van der Waals surface area (Å²) in [6, 6.07) is 4.27. The van der Waals surface area contributed by atoms with E-state index in [0.29, 0.717) is 18.5 Å². The Bertz CT molecular complexity index is 431. The van der Waals surface area contributed by atoms with E-state index in [-0.39, 0.29) is 17.9 Å². The maximum atomic E-state index is 11.4. The second-order valence-electron chi connectivity index (χ2n) is 3.36. The molecule has 0 spiro atoms. The average molecular weight is 238 g/mol. The number of carbonyl (C=O) groups excluding carboxylic acids is 1. The second kappa shape index (κ2) is 5.95. The standard InChI is InChI=1S/C11H14N2O4/c1-2-17-11(14)9-4-3-8(5-6-12)10(7-9)13(15)16/h3-4,7H,2,5-6,12H2,1H3. The van der Waals surface area contributed by atoms with Crippen LogP contribution in [0.1, 0.15) is 22.8 Å². The summed E-state index contributed by atoms with van der Waals surface area (Å²) in [7, 11) is 0. The second-order valence-corrected chi connectivity index (χ2v) is 3.36. The van der Waals surface area contributed by atoms with E-state index in [9.17, 15) is 14.9 Å². The smallest absolute Gasteiger partial charge is 0.338 e. The molecule has 92 valence electrons. The Hall–Kier alpha value is -1.95. The van der Waals surface area contributed by atoms with Crippen molar-refractivity contribution in [1.29, 1.82) is 0 Å². The normalized spacial score (nSPS) is 10.0. The monoisotopic (exact) mass is 238 g/mol. The third-order valence-corrected chi connectivity index (χ3v) is 2.21. The molecule has 0 radical (unpaired) electrons. The first kappa shape index (κ1) is 13.1. The summed E-state index contributed by atoms with van der Waals surface area (Å²) in [4.78, 5) is 21.7. The van der Waals surface area contributed by atoms with Crippen LogP contribution in [0.3, 0.4) is 0 Å². The van der Waals surface area contributed by atoms with Gasteiger partial charge in [-0.05, 0) is 26.0 Å². The van der Waals surface area contributed by atoms with Crippen molar-refractivity contribution in [1.82, 2.24) is 0 Å². The van der Waals surface area contributed by atoms with Crippen LogP contribution in [0.25, 0.3) is 0 Å². The number of esters is 1. The third kappa shape index (κ3) is 3.25. The van der Waals surface area contributed by atoms with E-state index in [1.165, 1.54) is 18.2 Å². The summed E-state index contributed by atoms with van der Waals surface area (Å²) >= 11 is 0. The van der Waals surface area contributed by atoms with E-state index in [0.717, 1.165) is 0 Å². The SMILES string of the molecule is CCOC(=O)c1ccc(CCN)c([N+](=O)[O-])c1. The van der Waals surface area contributed by atoms with E-state index in [1.54, 1.807) is 6.92 Å². The summed E-state index contributed by atoms with van der Waals surface area (Å²) in [6.07, 6.45) is 0.402. The summed E-state index contributed by atoms with van der Waals surface area (Å²) in [5.41, 5.74) is 5.96. The minimum Gasteiger partial charge on any atom is -0.462 e. The fraction of sp³-hybridized carbons (Fsp3) is 0.364. The molecule has 1 rings (SSSR count). The van der Waals surface area contributed by atoms with Crippen molar-refractivity contribution in [2.75, 3.05) is 13.2 Å². The number of nitrogens with zero attached hydrogens (tertiary/aromatic N) is 1. The maximum Gasteiger partial charge on any atom is 0.338 e. The Morgan fingerprint density at radius 3 is 2.76 bits per heavy atom. The van der Waals surface area contributed by atoms with E-state index in [4.69, 9.17) is 10.5 Å². The predicted molar refractivity (Wildman–Crippen MR) is 61.8 cm³/mol. The van der Waals surface area contributed by atoms with Gasteiger partial charge in [0.15, 0.2) is 0 Å². The highest BCUT2D eigenvalue weighted by Crippen LogP contribution is 2.21. The molecule has 0 aromatic heterocycles. The van der Waals surface area contributed by atoms with Gasteiger partial charge in [-0.3, -0.25) is 10.1 Å². The molecule has 0 atom stereocenters. The quantitative estimate of drug-likeness (QED) is 0.473. The molecule has 0 saturated carbocycles. The summed E-state index contributed by atoms with van der Waals surface area (Å²) in [5, 5.41) is 10.8. The van der Waals surface area contributed by atoms with Crippen molar-refractivity contribution in [3.05, 3.63) is 39.4 Å². The van der Waals surface area contributed by atoms with Gasteiger partial charge in [0.25, 0.3) is 5.69 Å². The van der Waals surface area contributed by atoms with E-state index in [2.05, 4.69) is 0 Å². The lowest BCUT2D eigenvalue weighted by molar-refractivity contribution is -0.385. The van der Waals surface area contributed by atoms with Gasteiger partial charge in [0.2, 0.25) is 0 Å². The van der Waals surface area contributed by atoms with Crippen LogP contribution in [0.15, 0.2) is 18.2 Å². The van der Waals surface area contributed by atoms with Crippen molar-refractivity contribution in [2.45, 2.75) is 13.3 Å². The lowest BCUT2D eigenvalue weighted by Crippen LogP contribution is -2.08. The molecule has 0 heterocycles. The first-order chi connectivity index (χ1) is 8.10. The first-order valence-electron chi connectivity index (χ1n) is 5.24. The van der Waals surface area contributed by atoms with Crippen molar-refractivity contribution in [3.8, 4) is 0 Å². The topological polar surface area (TPSA) is 95.5 Å². The number of benzene rings is 1. The Kier molecular flexibility index (Phi) is 4.59. The number of nitro groups is 1. The van der Waals surface area contributed by atoms with Gasteiger partial charge in [-0.25, -0.2) is 4.79 Å². The van der Waals surface area contributed by atoms with Gasteiger partial charge in [0, 0.05) is 11.6 Å². The molecule has 6 nitrogen and oxygen atoms in total. The molecule has 0 fully saturated rings. The van der Waals surface area contributed by atoms with Crippen LogP contribution < -0.4 is 5.73 Å². The molecule has 0 aliphatic rings. The largest absolute Gasteiger partial charge is 0.462 e. The summed E-state index contributed by atoms with van der Waals surface area (Å²) < 4.78 is 4.78. The molecule has 0 amide bonds. The fourth-order valence-corrected chi connectivity index (χ4v) is 1.44. The van der Waals surface area contributed by atoms with E-state index >= 15 is 0 Å². The Labute approximate surface area is 98.5 Å². The zero-order chi connectivity index (χ0) is 12.8. The first-order valence-corrected chi connectivity index (χ1v) is 5.24. The molecule has 6 heteroatoms. The minimum absolute atomic E-state index is 0.0963. The highest BCUT2D eigenvalue weighted by atomic mass is 16.6. The predicted octanol–water partition coefficient (Wildman–Crippen LogP) is 1.27. The highest BCUT2D eigenvalue weighted by Gasteiger charge is 2.17. The number of carbonyl (C=O) groups is 1. The number of nitro benzene ring substituents is 1. The van der Waals surface area contributed by atoms with Crippen molar-refractivity contribution in [3.63, 3.8) is 0 Å². The average Bonchev–Trinajstić information content (AvgIpc) is 2.30. The van der Waals surface area contributed by atoms with Gasteiger partial charge in [-0.2, -0.15) is 0 Å². The van der Waals surface area contributed by atoms with Gasteiger partial charge in [0.05, 0.1) is 17.1 Å². The van der Waals surface area contributed by atoms with E-state index in [1.807, 2.05) is 0 Å². The third-order valence-electron chi connectivity index (χ3n) is 2.21. The number of hydrogen-bond donors (Lipinski definition) is 1. The van der Waals surface area contributed by atoms with Crippen LogP contribution in [-0.2, 0) is 11.2 Å². The van der Waals surface area contributed by atoms with Crippen LogP contribution in [-0.4, -0.2) is 24.0 Å². The molecule has 1 aromatic carbocycles. The highest BCUT2D eigenvalue weighted by molar-refractivity contribution is 5.90. The zero-order valence-electron chi connectivity index (χ0n) is 9.51. The van der Waals surface area contributed by atoms with Crippen LogP contribution in [0, 0.1) is 10.1 Å².